The molecule has 1 atom stereocenters. The summed E-state index contributed by atoms with van der Waals surface area (Å²) in [4.78, 5) is 12.5. The van der Waals surface area contributed by atoms with Gasteiger partial charge < -0.3 is 10.6 Å². The molecule has 0 radical (unpaired) electrons. The highest BCUT2D eigenvalue weighted by Crippen LogP contribution is 2.26. The number of benzene rings is 2. The molecule has 0 bridgehead atoms. The van der Waals surface area contributed by atoms with Gasteiger partial charge in [0.15, 0.2) is 0 Å². The Morgan fingerprint density at radius 3 is 2.79 bits per heavy atom. The van der Waals surface area contributed by atoms with Crippen LogP contribution in [0.15, 0.2) is 36.4 Å². The summed E-state index contributed by atoms with van der Waals surface area (Å²) in [5.74, 6) is -1.54. The number of carbonyl (C=O) groups excluding carboxylic acids is 1. The lowest BCUT2D eigenvalue weighted by atomic mass is 9.96. The van der Waals surface area contributed by atoms with E-state index in [9.17, 15) is 13.6 Å². The van der Waals surface area contributed by atoms with Gasteiger partial charge in [-0.25, -0.2) is 8.78 Å². The predicted octanol–water partition coefficient (Wildman–Crippen LogP) is 4.24. The summed E-state index contributed by atoms with van der Waals surface area (Å²) >= 11 is 0. The van der Waals surface area contributed by atoms with Crippen molar-refractivity contribution in [2.24, 2.45) is 0 Å². The van der Waals surface area contributed by atoms with E-state index in [1.807, 2.05) is 12.1 Å². The van der Waals surface area contributed by atoms with E-state index >= 15 is 0 Å². The molecule has 24 heavy (non-hydrogen) atoms. The van der Waals surface area contributed by atoms with Crippen molar-refractivity contribution in [1.29, 1.82) is 0 Å². The van der Waals surface area contributed by atoms with Gasteiger partial charge in [-0.15, -0.1) is 12.4 Å². The fourth-order valence-electron chi connectivity index (χ4n) is 2.93. The van der Waals surface area contributed by atoms with E-state index in [0.29, 0.717) is 5.56 Å². The Hall–Kier alpha value is -2.14. The van der Waals surface area contributed by atoms with Gasteiger partial charge in [0.1, 0.15) is 11.6 Å². The molecule has 3 nitrogen and oxygen atoms in total. The van der Waals surface area contributed by atoms with E-state index < -0.39 is 17.7 Å². The van der Waals surface area contributed by atoms with Gasteiger partial charge in [-0.3, -0.25) is 4.79 Å². The van der Waals surface area contributed by atoms with E-state index in [1.54, 1.807) is 13.0 Å². The van der Waals surface area contributed by atoms with Crippen LogP contribution in [0.1, 0.15) is 40.9 Å². The number of nitrogens with one attached hydrogen (secondary N) is 2. The maximum atomic E-state index is 13.8. The Morgan fingerprint density at radius 1 is 1.25 bits per heavy atom. The third-order valence-corrected chi connectivity index (χ3v) is 4.12. The van der Waals surface area contributed by atoms with E-state index in [0.717, 1.165) is 36.7 Å². The third-order valence-electron chi connectivity index (χ3n) is 4.12. The first-order chi connectivity index (χ1) is 11.1. The lowest BCUT2D eigenvalue weighted by Crippen LogP contribution is -2.29. The molecule has 3 rings (SSSR count). The maximum Gasteiger partial charge on any atom is 0.252 e. The molecule has 1 aliphatic heterocycles. The highest BCUT2D eigenvalue weighted by molar-refractivity contribution is 5.97. The molecule has 1 heterocycles. The first kappa shape index (κ1) is 18.2. The van der Waals surface area contributed by atoms with Crippen LogP contribution in [-0.4, -0.2) is 12.5 Å². The smallest absolute Gasteiger partial charge is 0.252 e. The number of rotatable bonds is 3. The van der Waals surface area contributed by atoms with Crippen LogP contribution >= 0.6 is 12.4 Å². The number of amides is 1. The molecule has 0 spiro atoms. The van der Waals surface area contributed by atoms with E-state index in [4.69, 9.17) is 0 Å². The van der Waals surface area contributed by atoms with Gasteiger partial charge in [0, 0.05) is 29.4 Å². The quantitative estimate of drug-likeness (QED) is 0.867. The summed E-state index contributed by atoms with van der Waals surface area (Å²) in [7, 11) is 0. The molecule has 2 N–H and O–H groups in total. The Kier molecular flexibility index (Phi) is 5.78. The lowest BCUT2D eigenvalue weighted by molar-refractivity contribution is 0.0938. The van der Waals surface area contributed by atoms with Crippen LogP contribution in [0.3, 0.4) is 0 Å². The van der Waals surface area contributed by atoms with Gasteiger partial charge in [0.05, 0.1) is 6.04 Å². The van der Waals surface area contributed by atoms with Crippen molar-refractivity contribution in [3.05, 3.63) is 64.7 Å². The molecular weight excluding hydrogens is 334 g/mol. The molecule has 0 fully saturated rings. The third kappa shape index (κ3) is 3.67. The number of fused-ring (bicyclic) bond motifs is 1. The Labute approximate surface area is 145 Å². The molecule has 2 aromatic rings. The van der Waals surface area contributed by atoms with Crippen molar-refractivity contribution < 1.29 is 13.6 Å². The van der Waals surface area contributed by atoms with Gasteiger partial charge in [-0.1, -0.05) is 12.1 Å². The number of carbonyl (C=O) groups is 1. The van der Waals surface area contributed by atoms with E-state index in [1.165, 1.54) is 12.1 Å². The van der Waals surface area contributed by atoms with Crippen LogP contribution in [0.4, 0.5) is 14.5 Å². The van der Waals surface area contributed by atoms with Crippen molar-refractivity contribution in [2.45, 2.75) is 25.8 Å². The van der Waals surface area contributed by atoms with Crippen LogP contribution in [0.5, 0.6) is 0 Å². The molecule has 1 aliphatic rings. The molecule has 1 unspecified atom stereocenters. The van der Waals surface area contributed by atoms with Crippen molar-refractivity contribution in [3.63, 3.8) is 0 Å². The number of halogens is 3. The topological polar surface area (TPSA) is 41.1 Å². The van der Waals surface area contributed by atoms with Gasteiger partial charge in [0.2, 0.25) is 0 Å². The standard InChI is InChI=1S/C18H18F2N2O.ClH/c1-11(13-8-7-12(19)10-16(13)20)22-18(23)15-4-2-6-17-14(15)5-3-9-21-17;/h2,4,6-8,10-11,21H,3,5,9H2,1H3,(H,22,23);1H. The molecule has 6 heteroatoms. The normalized spacial score (nSPS) is 14.0. The monoisotopic (exact) mass is 352 g/mol. The summed E-state index contributed by atoms with van der Waals surface area (Å²) in [6.45, 7) is 2.58. The summed E-state index contributed by atoms with van der Waals surface area (Å²) in [5.41, 5.74) is 2.83. The van der Waals surface area contributed by atoms with Crippen LogP contribution in [-0.2, 0) is 6.42 Å². The molecule has 0 aliphatic carbocycles. The molecule has 128 valence electrons. The number of hydrogen-bond donors (Lipinski definition) is 2. The Morgan fingerprint density at radius 2 is 2.04 bits per heavy atom. The van der Waals surface area contributed by atoms with Gasteiger partial charge in [-0.05, 0) is 43.5 Å². The number of anilines is 1. The van der Waals surface area contributed by atoms with Crippen molar-refractivity contribution >= 4 is 24.0 Å². The molecule has 0 aromatic heterocycles. The molecule has 0 saturated heterocycles. The van der Waals surface area contributed by atoms with Crippen LogP contribution in [0.25, 0.3) is 0 Å². The molecule has 1 amide bonds. The van der Waals surface area contributed by atoms with Crippen molar-refractivity contribution in [3.8, 4) is 0 Å². The van der Waals surface area contributed by atoms with E-state index in [-0.39, 0.29) is 23.9 Å². The minimum Gasteiger partial charge on any atom is -0.385 e. The Balaban J connectivity index is 0.00000208. The second-order valence-electron chi connectivity index (χ2n) is 5.72. The highest BCUT2D eigenvalue weighted by Gasteiger charge is 2.20. The average Bonchev–Trinajstić information content (AvgIpc) is 2.54. The highest BCUT2D eigenvalue weighted by atomic mass is 35.5. The molecular formula is C18H19ClF2N2O. The minimum atomic E-state index is -0.658. The van der Waals surface area contributed by atoms with Crippen LogP contribution < -0.4 is 10.6 Å². The fraction of sp³-hybridized carbons (Fsp3) is 0.278. The maximum absolute atomic E-state index is 13.8. The van der Waals surface area contributed by atoms with E-state index in [2.05, 4.69) is 10.6 Å². The van der Waals surface area contributed by atoms with Gasteiger partial charge in [0.25, 0.3) is 5.91 Å². The van der Waals surface area contributed by atoms with Gasteiger partial charge >= 0.3 is 0 Å². The van der Waals surface area contributed by atoms with Gasteiger partial charge in [-0.2, -0.15) is 0 Å². The zero-order valence-corrected chi connectivity index (χ0v) is 14.1. The van der Waals surface area contributed by atoms with Crippen LogP contribution in [0, 0.1) is 11.6 Å². The summed E-state index contributed by atoms with van der Waals surface area (Å²) in [6, 6.07) is 8.38. The summed E-state index contributed by atoms with van der Waals surface area (Å²) < 4.78 is 26.8. The first-order valence-electron chi connectivity index (χ1n) is 7.68. The molecule has 0 saturated carbocycles. The first-order valence-corrected chi connectivity index (χ1v) is 7.68. The minimum absolute atomic E-state index is 0. The predicted molar refractivity (Wildman–Crippen MR) is 92.7 cm³/mol. The summed E-state index contributed by atoms with van der Waals surface area (Å²) in [6.07, 6.45) is 1.81. The zero-order chi connectivity index (χ0) is 16.4. The van der Waals surface area contributed by atoms with Crippen molar-refractivity contribution in [2.75, 3.05) is 11.9 Å². The fourth-order valence-corrected chi connectivity index (χ4v) is 2.93. The lowest BCUT2D eigenvalue weighted by Gasteiger charge is -2.22. The summed E-state index contributed by atoms with van der Waals surface area (Å²) in [5, 5.41) is 6.07. The largest absolute Gasteiger partial charge is 0.385 e. The second-order valence-corrected chi connectivity index (χ2v) is 5.72. The number of hydrogen-bond acceptors (Lipinski definition) is 2. The molecule has 2 aromatic carbocycles. The van der Waals surface area contributed by atoms with Crippen molar-refractivity contribution in [1.82, 2.24) is 5.32 Å². The SMILES string of the molecule is CC(NC(=O)c1cccc2c1CCCN2)c1ccc(F)cc1F.Cl. The van der Waals surface area contributed by atoms with Crippen LogP contribution in [0.2, 0.25) is 0 Å². The average molecular weight is 353 g/mol. The Bertz CT molecular complexity index is 752. The zero-order valence-electron chi connectivity index (χ0n) is 13.2. The second kappa shape index (κ2) is 7.62.